The van der Waals surface area contributed by atoms with Crippen molar-refractivity contribution in [1.29, 1.82) is 0 Å². The van der Waals surface area contributed by atoms with E-state index in [0.29, 0.717) is 0 Å². The number of nitrogens with zero attached hydrogens (tertiary/aromatic N) is 4. The number of aryl methyl sites for hydroxylation is 1. The Labute approximate surface area is 93.9 Å². The van der Waals surface area contributed by atoms with Crippen molar-refractivity contribution < 1.29 is 0 Å². The fourth-order valence-corrected chi connectivity index (χ4v) is 2.24. The standard InChI is InChI=1S/C11H15N5/c1-2-10-14-15-11(16(10)13-6-1)4-3-9-5-7-12-8-9/h1-2,6,9,12H,3-5,7-8H2. The average Bonchev–Trinajstić information content (AvgIpc) is 2.96. The van der Waals surface area contributed by atoms with Gasteiger partial charge in [0, 0.05) is 12.6 Å². The van der Waals surface area contributed by atoms with Gasteiger partial charge in [0.2, 0.25) is 0 Å². The summed E-state index contributed by atoms with van der Waals surface area (Å²) in [6.07, 6.45) is 5.19. The summed E-state index contributed by atoms with van der Waals surface area (Å²) in [4.78, 5) is 0. The zero-order valence-corrected chi connectivity index (χ0v) is 9.13. The fourth-order valence-electron chi connectivity index (χ4n) is 2.24. The lowest BCUT2D eigenvalue weighted by Crippen LogP contribution is -2.10. The van der Waals surface area contributed by atoms with E-state index in [1.165, 1.54) is 12.8 Å². The Hall–Kier alpha value is -1.49. The second-order valence-corrected chi connectivity index (χ2v) is 4.31. The molecule has 1 fully saturated rings. The fraction of sp³-hybridized carbons (Fsp3) is 0.545. The Balaban J connectivity index is 1.73. The van der Waals surface area contributed by atoms with Crippen LogP contribution in [0.1, 0.15) is 18.7 Å². The van der Waals surface area contributed by atoms with Crippen LogP contribution < -0.4 is 5.32 Å². The minimum atomic E-state index is 0.788. The summed E-state index contributed by atoms with van der Waals surface area (Å²) < 4.78 is 1.84. The van der Waals surface area contributed by atoms with Crippen molar-refractivity contribution in [2.45, 2.75) is 19.3 Å². The molecule has 0 bridgehead atoms. The van der Waals surface area contributed by atoms with Gasteiger partial charge in [-0.25, -0.2) is 0 Å². The van der Waals surface area contributed by atoms with Crippen molar-refractivity contribution in [3.63, 3.8) is 0 Å². The van der Waals surface area contributed by atoms with Gasteiger partial charge in [0.15, 0.2) is 11.5 Å². The average molecular weight is 217 g/mol. The quantitative estimate of drug-likeness (QED) is 0.821. The van der Waals surface area contributed by atoms with E-state index in [1.54, 1.807) is 6.20 Å². The van der Waals surface area contributed by atoms with Gasteiger partial charge in [-0.15, -0.1) is 10.2 Å². The maximum atomic E-state index is 4.26. The normalized spacial score (nSPS) is 20.6. The summed E-state index contributed by atoms with van der Waals surface area (Å²) in [6, 6.07) is 3.81. The first kappa shape index (κ1) is 9.72. The highest BCUT2D eigenvalue weighted by molar-refractivity contribution is 5.34. The lowest BCUT2D eigenvalue weighted by atomic mass is 10.0. The lowest BCUT2D eigenvalue weighted by molar-refractivity contribution is 0.520. The molecule has 2 aromatic heterocycles. The van der Waals surface area contributed by atoms with Gasteiger partial charge >= 0.3 is 0 Å². The number of nitrogens with one attached hydrogen (secondary N) is 1. The van der Waals surface area contributed by atoms with Crippen LogP contribution in [0.2, 0.25) is 0 Å². The summed E-state index contributed by atoms with van der Waals surface area (Å²) in [5, 5.41) is 15.9. The van der Waals surface area contributed by atoms with E-state index in [0.717, 1.165) is 36.9 Å². The van der Waals surface area contributed by atoms with Crippen LogP contribution in [0, 0.1) is 5.92 Å². The van der Waals surface area contributed by atoms with Crippen LogP contribution in [0.5, 0.6) is 0 Å². The smallest absolute Gasteiger partial charge is 0.177 e. The molecule has 0 amide bonds. The molecular weight excluding hydrogens is 202 g/mol. The molecule has 5 nitrogen and oxygen atoms in total. The first-order valence-corrected chi connectivity index (χ1v) is 5.79. The molecule has 1 aliphatic heterocycles. The van der Waals surface area contributed by atoms with Crippen LogP contribution in [0.25, 0.3) is 5.65 Å². The molecule has 84 valence electrons. The molecule has 0 aliphatic carbocycles. The molecular formula is C11H15N5. The second kappa shape index (κ2) is 4.17. The third-order valence-electron chi connectivity index (χ3n) is 3.18. The SMILES string of the molecule is c1cnn2c(CCC3CCNC3)nnc2c1. The van der Waals surface area contributed by atoms with E-state index in [2.05, 4.69) is 20.6 Å². The number of hydrogen-bond acceptors (Lipinski definition) is 4. The van der Waals surface area contributed by atoms with Gasteiger partial charge in [0.1, 0.15) is 0 Å². The van der Waals surface area contributed by atoms with E-state index in [1.807, 2.05) is 16.6 Å². The van der Waals surface area contributed by atoms with Gasteiger partial charge in [-0.1, -0.05) is 0 Å². The van der Waals surface area contributed by atoms with Gasteiger partial charge in [-0.05, 0) is 44.0 Å². The predicted octanol–water partition coefficient (Wildman–Crippen LogP) is 0.666. The van der Waals surface area contributed by atoms with Gasteiger partial charge in [-0.2, -0.15) is 9.61 Å². The summed E-state index contributed by atoms with van der Waals surface area (Å²) in [5.74, 6) is 1.76. The summed E-state index contributed by atoms with van der Waals surface area (Å²) in [5.41, 5.74) is 0.835. The summed E-state index contributed by atoms with van der Waals surface area (Å²) >= 11 is 0. The van der Waals surface area contributed by atoms with Gasteiger partial charge in [0.05, 0.1) is 0 Å². The van der Waals surface area contributed by atoms with E-state index < -0.39 is 0 Å². The predicted molar refractivity (Wildman–Crippen MR) is 60.1 cm³/mol. The largest absolute Gasteiger partial charge is 0.316 e. The Morgan fingerprint density at radius 1 is 1.44 bits per heavy atom. The first-order chi connectivity index (χ1) is 7.93. The summed E-state index contributed by atoms with van der Waals surface area (Å²) in [7, 11) is 0. The van der Waals surface area contributed by atoms with Crippen LogP contribution in [-0.2, 0) is 6.42 Å². The van der Waals surface area contributed by atoms with E-state index in [4.69, 9.17) is 0 Å². The highest BCUT2D eigenvalue weighted by Crippen LogP contribution is 2.15. The molecule has 1 unspecified atom stereocenters. The molecule has 0 radical (unpaired) electrons. The molecule has 16 heavy (non-hydrogen) atoms. The number of hydrogen-bond donors (Lipinski definition) is 1. The highest BCUT2D eigenvalue weighted by atomic mass is 15.4. The maximum absolute atomic E-state index is 4.26. The van der Waals surface area contributed by atoms with Gasteiger partial charge < -0.3 is 5.32 Å². The molecule has 2 aromatic rings. The van der Waals surface area contributed by atoms with E-state index in [9.17, 15) is 0 Å². The summed E-state index contributed by atoms with van der Waals surface area (Å²) in [6.45, 7) is 2.30. The Morgan fingerprint density at radius 2 is 2.44 bits per heavy atom. The molecule has 1 N–H and O–H groups in total. The van der Waals surface area contributed by atoms with Crippen LogP contribution >= 0.6 is 0 Å². The molecule has 1 atom stereocenters. The minimum Gasteiger partial charge on any atom is -0.316 e. The lowest BCUT2D eigenvalue weighted by Gasteiger charge is -2.05. The van der Waals surface area contributed by atoms with E-state index >= 15 is 0 Å². The minimum absolute atomic E-state index is 0.788. The molecule has 0 aromatic carbocycles. The highest BCUT2D eigenvalue weighted by Gasteiger charge is 2.15. The zero-order chi connectivity index (χ0) is 10.8. The van der Waals surface area contributed by atoms with Gasteiger partial charge in [0.25, 0.3) is 0 Å². The van der Waals surface area contributed by atoms with Crippen molar-refractivity contribution in [3.8, 4) is 0 Å². The maximum Gasteiger partial charge on any atom is 0.177 e. The molecule has 0 spiro atoms. The van der Waals surface area contributed by atoms with Crippen LogP contribution in [0.3, 0.4) is 0 Å². The van der Waals surface area contributed by atoms with Gasteiger partial charge in [-0.3, -0.25) is 0 Å². The zero-order valence-electron chi connectivity index (χ0n) is 9.13. The topological polar surface area (TPSA) is 55.1 Å². The third kappa shape index (κ3) is 1.78. The number of aromatic nitrogens is 4. The number of fused-ring (bicyclic) bond motifs is 1. The van der Waals surface area contributed by atoms with Crippen LogP contribution in [0.4, 0.5) is 0 Å². The number of rotatable bonds is 3. The Morgan fingerprint density at radius 3 is 3.31 bits per heavy atom. The molecule has 1 aliphatic rings. The Bertz CT molecular complexity index is 472. The molecule has 1 saturated heterocycles. The van der Waals surface area contributed by atoms with E-state index in [-0.39, 0.29) is 0 Å². The molecule has 3 rings (SSSR count). The second-order valence-electron chi connectivity index (χ2n) is 4.31. The first-order valence-electron chi connectivity index (χ1n) is 5.79. The van der Waals surface area contributed by atoms with Crippen LogP contribution in [-0.4, -0.2) is 32.9 Å². The molecule has 3 heterocycles. The van der Waals surface area contributed by atoms with Crippen molar-refractivity contribution in [2.24, 2.45) is 5.92 Å². The van der Waals surface area contributed by atoms with Crippen molar-refractivity contribution >= 4 is 5.65 Å². The third-order valence-corrected chi connectivity index (χ3v) is 3.18. The van der Waals surface area contributed by atoms with Crippen LogP contribution in [0.15, 0.2) is 18.3 Å². The Kier molecular flexibility index (Phi) is 2.53. The van der Waals surface area contributed by atoms with Crippen molar-refractivity contribution in [3.05, 3.63) is 24.2 Å². The monoisotopic (exact) mass is 217 g/mol. The molecule has 5 heteroatoms. The van der Waals surface area contributed by atoms with Crippen molar-refractivity contribution in [2.75, 3.05) is 13.1 Å². The molecule has 0 saturated carbocycles. The van der Waals surface area contributed by atoms with Crippen molar-refractivity contribution in [1.82, 2.24) is 25.1 Å².